The second-order valence-corrected chi connectivity index (χ2v) is 9.14. The number of amides is 1. The summed E-state index contributed by atoms with van der Waals surface area (Å²) in [5.74, 6) is -0.819. The normalized spacial score (nSPS) is 12.0. The zero-order chi connectivity index (χ0) is 19.5. The van der Waals surface area contributed by atoms with Gasteiger partial charge in [-0.15, -0.1) is 34.0 Å². The highest BCUT2D eigenvalue weighted by Crippen LogP contribution is 2.34. The molecule has 0 aliphatic carbocycles. The van der Waals surface area contributed by atoms with E-state index in [1.165, 1.54) is 11.3 Å². The van der Waals surface area contributed by atoms with E-state index in [0.717, 1.165) is 25.0 Å². The summed E-state index contributed by atoms with van der Waals surface area (Å²) in [4.78, 5) is 31.6. The Kier molecular flexibility index (Phi) is 5.52. The minimum atomic E-state index is -0.861. The maximum absolute atomic E-state index is 12.4. The van der Waals surface area contributed by atoms with E-state index in [9.17, 15) is 9.59 Å². The average molecular weight is 429 g/mol. The lowest BCUT2D eigenvalue weighted by molar-refractivity contribution is -0.129. The predicted octanol–water partition coefficient (Wildman–Crippen LogP) is 4.95. The standard InChI is InChI=1S/C20H16N2O3S3/c1-12(18(23)21-11-13-5-4-10-26-13)25-20(24)17-9-8-16(27-17)19-22-14-6-2-3-7-15(14)28-19/h2-10,12H,11H2,1H3,(H,21,23). The van der Waals surface area contributed by atoms with Gasteiger partial charge < -0.3 is 10.1 Å². The van der Waals surface area contributed by atoms with Gasteiger partial charge in [0.1, 0.15) is 9.88 Å². The largest absolute Gasteiger partial charge is 0.448 e. The van der Waals surface area contributed by atoms with Gasteiger partial charge in [-0.3, -0.25) is 4.79 Å². The van der Waals surface area contributed by atoms with Crippen molar-refractivity contribution in [2.45, 2.75) is 19.6 Å². The SMILES string of the molecule is CC(OC(=O)c1ccc(-c2nc3ccccc3s2)s1)C(=O)NCc1cccs1. The van der Waals surface area contributed by atoms with Crippen LogP contribution in [0.2, 0.25) is 0 Å². The van der Waals surface area contributed by atoms with Gasteiger partial charge in [0.25, 0.3) is 5.91 Å². The van der Waals surface area contributed by atoms with Crippen LogP contribution in [0.25, 0.3) is 20.1 Å². The van der Waals surface area contributed by atoms with Crippen molar-refractivity contribution in [3.05, 3.63) is 63.7 Å². The Hall–Kier alpha value is -2.55. The van der Waals surface area contributed by atoms with Crippen LogP contribution in [0.3, 0.4) is 0 Å². The zero-order valence-electron chi connectivity index (χ0n) is 14.9. The van der Waals surface area contributed by atoms with E-state index < -0.39 is 12.1 Å². The van der Waals surface area contributed by atoms with Crippen molar-refractivity contribution in [2.75, 3.05) is 0 Å². The summed E-state index contributed by atoms with van der Waals surface area (Å²) < 4.78 is 6.42. The van der Waals surface area contributed by atoms with E-state index >= 15 is 0 Å². The third-order valence-electron chi connectivity index (χ3n) is 3.98. The molecule has 4 rings (SSSR count). The molecule has 28 heavy (non-hydrogen) atoms. The van der Waals surface area contributed by atoms with E-state index in [1.807, 2.05) is 47.8 Å². The van der Waals surface area contributed by atoms with Crippen LogP contribution >= 0.6 is 34.0 Å². The molecule has 0 aliphatic heterocycles. The van der Waals surface area contributed by atoms with Gasteiger partial charge in [-0.1, -0.05) is 18.2 Å². The van der Waals surface area contributed by atoms with Crippen molar-refractivity contribution >= 4 is 56.1 Å². The maximum atomic E-state index is 12.4. The molecule has 3 aromatic heterocycles. The molecular weight excluding hydrogens is 412 g/mol. The molecule has 0 saturated carbocycles. The number of rotatable bonds is 6. The van der Waals surface area contributed by atoms with Crippen molar-refractivity contribution < 1.29 is 14.3 Å². The second-order valence-electron chi connectivity index (χ2n) is 6.00. The molecule has 5 nitrogen and oxygen atoms in total. The number of carbonyl (C=O) groups is 2. The summed E-state index contributed by atoms with van der Waals surface area (Å²) in [5, 5.41) is 5.59. The lowest BCUT2D eigenvalue weighted by atomic mass is 10.3. The first kappa shape index (κ1) is 18.8. The molecular formula is C20H16N2O3S3. The molecule has 1 atom stereocenters. The molecule has 0 fully saturated rings. The number of esters is 1. The summed E-state index contributed by atoms with van der Waals surface area (Å²) in [6.07, 6.45) is -0.861. The molecule has 1 unspecified atom stereocenters. The number of thiophene rings is 2. The minimum Gasteiger partial charge on any atom is -0.448 e. The third kappa shape index (κ3) is 4.14. The highest BCUT2D eigenvalue weighted by Gasteiger charge is 2.21. The number of ether oxygens (including phenoxy) is 1. The van der Waals surface area contributed by atoms with Crippen molar-refractivity contribution in [1.29, 1.82) is 0 Å². The Morgan fingerprint density at radius 1 is 1.11 bits per heavy atom. The number of aromatic nitrogens is 1. The Bertz CT molecular complexity index is 1080. The smallest absolute Gasteiger partial charge is 0.349 e. The Morgan fingerprint density at radius 2 is 1.96 bits per heavy atom. The monoisotopic (exact) mass is 428 g/mol. The lowest BCUT2D eigenvalue weighted by Crippen LogP contribution is -2.35. The zero-order valence-corrected chi connectivity index (χ0v) is 17.3. The first-order chi connectivity index (χ1) is 13.6. The molecule has 0 radical (unpaired) electrons. The van der Waals surface area contributed by atoms with Crippen LogP contribution in [0.4, 0.5) is 0 Å². The molecule has 1 N–H and O–H groups in total. The minimum absolute atomic E-state index is 0.315. The molecule has 8 heteroatoms. The van der Waals surface area contributed by atoms with Crippen molar-refractivity contribution in [1.82, 2.24) is 10.3 Å². The first-order valence-corrected chi connectivity index (χ1v) is 11.1. The fraction of sp³-hybridized carbons (Fsp3) is 0.150. The van der Waals surface area contributed by atoms with Gasteiger partial charge >= 0.3 is 5.97 Å². The van der Waals surface area contributed by atoms with Crippen LogP contribution in [0.1, 0.15) is 21.5 Å². The summed E-state index contributed by atoms with van der Waals surface area (Å²) in [6, 6.07) is 15.4. The number of benzene rings is 1. The number of para-hydroxylation sites is 1. The van der Waals surface area contributed by atoms with Crippen LogP contribution in [0, 0.1) is 0 Å². The Morgan fingerprint density at radius 3 is 2.75 bits per heavy atom. The van der Waals surface area contributed by atoms with Gasteiger partial charge in [-0.2, -0.15) is 0 Å². The van der Waals surface area contributed by atoms with Crippen LogP contribution in [-0.2, 0) is 16.1 Å². The number of hydrogen-bond donors (Lipinski definition) is 1. The van der Waals surface area contributed by atoms with Gasteiger partial charge in [0.15, 0.2) is 6.10 Å². The first-order valence-electron chi connectivity index (χ1n) is 8.57. The van der Waals surface area contributed by atoms with Crippen molar-refractivity contribution in [3.63, 3.8) is 0 Å². The summed E-state index contributed by atoms with van der Waals surface area (Å²) in [5.41, 5.74) is 0.941. The van der Waals surface area contributed by atoms with Gasteiger partial charge in [0.2, 0.25) is 0 Å². The number of nitrogens with zero attached hydrogens (tertiary/aromatic N) is 1. The lowest BCUT2D eigenvalue weighted by Gasteiger charge is -2.12. The van der Waals surface area contributed by atoms with Gasteiger partial charge in [0, 0.05) is 4.88 Å². The quantitative estimate of drug-likeness (QED) is 0.441. The maximum Gasteiger partial charge on any atom is 0.349 e. The Balaban J connectivity index is 1.39. The fourth-order valence-corrected chi connectivity index (χ4v) is 5.10. The van der Waals surface area contributed by atoms with Gasteiger partial charge in [0.05, 0.1) is 21.6 Å². The second kappa shape index (κ2) is 8.22. The average Bonchev–Trinajstić information content (AvgIpc) is 3.45. The molecule has 0 bridgehead atoms. The molecule has 0 saturated heterocycles. The highest BCUT2D eigenvalue weighted by molar-refractivity contribution is 7.26. The molecule has 0 aliphatic rings. The van der Waals surface area contributed by atoms with E-state index in [0.29, 0.717) is 11.4 Å². The van der Waals surface area contributed by atoms with E-state index in [2.05, 4.69) is 10.3 Å². The molecule has 3 heterocycles. The molecule has 142 valence electrons. The molecule has 1 amide bonds. The summed E-state index contributed by atoms with van der Waals surface area (Å²) in [6.45, 7) is 2.00. The third-order valence-corrected chi connectivity index (χ3v) is 7.13. The van der Waals surface area contributed by atoms with Gasteiger partial charge in [-0.05, 0) is 42.6 Å². The van der Waals surface area contributed by atoms with Crippen LogP contribution in [-0.4, -0.2) is 23.0 Å². The number of nitrogens with one attached hydrogen (secondary N) is 1. The van der Waals surface area contributed by atoms with E-state index in [1.54, 1.807) is 35.7 Å². The highest BCUT2D eigenvalue weighted by atomic mass is 32.1. The predicted molar refractivity (Wildman–Crippen MR) is 114 cm³/mol. The number of hydrogen-bond acceptors (Lipinski definition) is 7. The fourth-order valence-electron chi connectivity index (χ4n) is 2.54. The topological polar surface area (TPSA) is 68.3 Å². The summed E-state index contributed by atoms with van der Waals surface area (Å²) >= 11 is 4.46. The molecule has 1 aromatic carbocycles. The number of thiazole rings is 1. The van der Waals surface area contributed by atoms with Crippen LogP contribution < -0.4 is 5.32 Å². The van der Waals surface area contributed by atoms with Crippen LogP contribution in [0.15, 0.2) is 53.9 Å². The molecule has 4 aromatic rings. The number of fused-ring (bicyclic) bond motifs is 1. The van der Waals surface area contributed by atoms with E-state index in [4.69, 9.17) is 4.74 Å². The van der Waals surface area contributed by atoms with Gasteiger partial charge in [-0.25, -0.2) is 9.78 Å². The van der Waals surface area contributed by atoms with Crippen molar-refractivity contribution in [3.8, 4) is 9.88 Å². The van der Waals surface area contributed by atoms with Crippen molar-refractivity contribution in [2.24, 2.45) is 0 Å². The number of carbonyl (C=O) groups excluding carboxylic acids is 2. The Labute approximate surface area is 173 Å². The van der Waals surface area contributed by atoms with E-state index in [-0.39, 0.29) is 5.91 Å². The summed E-state index contributed by atoms with van der Waals surface area (Å²) in [7, 11) is 0. The van der Waals surface area contributed by atoms with Crippen LogP contribution in [0.5, 0.6) is 0 Å². The molecule has 0 spiro atoms.